The number of rotatable bonds is 4. The lowest BCUT2D eigenvalue weighted by molar-refractivity contribution is -0.120. The lowest BCUT2D eigenvalue weighted by Gasteiger charge is -1.99. The second-order valence-corrected chi connectivity index (χ2v) is 3.39. The zero-order chi connectivity index (χ0) is 9.68. The minimum absolute atomic E-state index is 0.172. The molecule has 1 aromatic rings. The van der Waals surface area contributed by atoms with E-state index in [1.807, 2.05) is 0 Å². The second kappa shape index (κ2) is 4.83. The zero-order valence-electron chi connectivity index (χ0n) is 7.23. The number of aryl methyl sites for hydroxylation is 1. The van der Waals surface area contributed by atoms with Crippen LogP contribution in [-0.2, 0) is 11.8 Å². The van der Waals surface area contributed by atoms with Crippen molar-refractivity contribution in [3.63, 3.8) is 0 Å². The van der Waals surface area contributed by atoms with Gasteiger partial charge in [-0.2, -0.15) is 5.10 Å². The molecule has 0 aliphatic rings. The normalized spacial score (nSPS) is 10.0. The first-order valence-corrected chi connectivity index (χ1v) is 4.69. The number of thioether (sulfide) groups is 1. The molecule has 3 N–H and O–H groups in total. The molecular weight excluding hydrogens is 190 g/mol. The monoisotopic (exact) mass is 201 g/mol. The van der Waals surface area contributed by atoms with Gasteiger partial charge in [0.05, 0.1) is 0 Å². The number of carbonyl (C=O) groups excluding carboxylic acids is 1. The van der Waals surface area contributed by atoms with Crippen molar-refractivity contribution in [2.75, 3.05) is 5.75 Å². The molecular formula is C6H11N5OS. The fraction of sp³-hybridized carbons (Fsp3) is 0.500. The van der Waals surface area contributed by atoms with Crippen LogP contribution in [0.4, 0.5) is 0 Å². The van der Waals surface area contributed by atoms with Gasteiger partial charge in [0.2, 0.25) is 5.91 Å². The third-order valence-electron chi connectivity index (χ3n) is 1.39. The molecule has 0 aromatic carbocycles. The van der Waals surface area contributed by atoms with Gasteiger partial charge in [0.25, 0.3) is 0 Å². The van der Waals surface area contributed by atoms with Crippen molar-refractivity contribution in [1.29, 1.82) is 0 Å². The molecule has 1 rings (SSSR count). The van der Waals surface area contributed by atoms with E-state index >= 15 is 0 Å². The van der Waals surface area contributed by atoms with Gasteiger partial charge in [-0.25, -0.2) is 15.5 Å². The first-order valence-electron chi connectivity index (χ1n) is 3.70. The van der Waals surface area contributed by atoms with Crippen LogP contribution in [0.1, 0.15) is 6.42 Å². The molecule has 6 nitrogen and oxygen atoms in total. The van der Waals surface area contributed by atoms with Crippen molar-refractivity contribution in [2.24, 2.45) is 12.9 Å². The molecule has 1 heterocycles. The number of hydrogen-bond acceptors (Lipinski definition) is 5. The van der Waals surface area contributed by atoms with Crippen molar-refractivity contribution >= 4 is 17.7 Å². The van der Waals surface area contributed by atoms with E-state index in [1.54, 1.807) is 11.7 Å². The third kappa shape index (κ3) is 3.03. The van der Waals surface area contributed by atoms with E-state index < -0.39 is 0 Å². The van der Waals surface area contributed by atoms with Crippen LogP contribution in [0.3, 0.4) is 0 Å². The van der Waals surface area contributed by atoms with Gasteiger partial charge >= 0.3 is 0 Å². The predicted octanol–water partition coefficient (Wildman–Crippen LogP) is -0.713. The van der Waals surface area contributed by atoms with Crippen LogP contribution in [0, 0.1) is 0 Å². The van der Waals surface area contributed by atoms with Gasteiger partial charge in [0, 0.05) is 19.2 Å². The number of hydrogen-bond donors (Lipinski definition) is 2. The quantitative estimate of drug-likeness (QED) is 0.291. The Balaban J connectivity index is 2.28. The summed E-state index contributed by atoms with van der Waals surface area (Å²) >= 11 is 1.47. The lowest BCUT2D eigenvalue weighted by atomic mass is 10.5. The maximum Gasteiger partial charge on any atom is 0.234 e. The number of nitrogens with one attached hydrogen (secondary N) is 1. The number of amides is 1. The predicted molar refractivity (Wildman–Crippen MR) is 48.7 cm³/mol. The Morgan fingerprint density at radius 3 is 3.15 bits per heavy atom. The maximum atomic E-state index is 10.7. The largest absolute Gasteiger partial charge is 0.294 e. The highest BCUT2D eigenvalue weighted by Crippen LogP contribution is 2.13. The van der Waals surface area contributed by atoms with Crippen LogP contribution in [0.5, 0.6) is 0 Å². The minimum Gasteiger partial charge on any atom is -0.294 e. The summed E-state index contributed by atoms with van der Waals surface area (Å²) in [6.07, 6.45) is 1.86. The topological polar surface area (TPSA) is 85.8 Å². The fourth-order valence-electron chi connectivity index (χ4n) is 0.723. The molecule has 0 spiro atoms. The Morgan fingerprint density at radius 2 is 2.62 bits per heavy atom. The van der Waals surface area contributed by atoms with Crippen molar-refractivity contribution in [3.8, 4) is 0 Å². The van der Waals surface area contributed by atoms with Gasteiger partial charge in [-0.15, -0.1) is 0 Å². The van der Waals surface area contributed by atoms with Crippen LogP contribution in [-0.4, -0.2) is 26.4 Å². The van der Waals surface area contributed by atoms with Crippen molar-refractivity contribution in [2.45, 2.75) is 11.6 Å². The highest BCUT2D eigenvalue weighted by atomic mass is 32.2. The van der Waals surface area contributed by atoms with Gasteiger partial charge in [-0.1, -0.05) is 11.8 Å². The Bertz CT molecular complexity index is 286. The first kappa shape index (κ1) is 10.0. The summed E-state index contributed by atoms with van der Waals surface area (Å²) in [6.45, 7) is 0. The molecule has 1 amide bonds. The number of nitrogens with two attached hydrogens (primary N) is 1. The number of aromatic nitrogens is 3. The summed E-state index contributed by atoms with van der Waals surface area (Å²) in [4.78, 5) is 14.7. The van der Waals surface area contributed by atoms with E-state index in [0.29, 0.717) is 12.2 Å². The van der Waals surface area contributed by atoms with Gasteiger partial charge in [0.1, 0.15) is 6.33 Å². The third-order valence-corrected chi connectivity index (χ3v) is 2.43. The molecule has 7 heteroatoms. The summed E-state index contributed by atoms with van der Waals surface area (Å²) in [5, 5.41) is 4.69. The zero-order valence-corrected chi connectivity index (χ0v) is 8.04. The molecule has 0 unspecified atom stereocenters. The highest BCUT2D eigenvalue weighted by molar-refractivity contribution is 7.99. The van der Waals surface area contributed by atoms with Crippen molar-refractivity contribution < 1.29 is 4.79 Å². The average Bonchev–Trinajstić information content (AvgIpc) is 2.52. The van der Waals surface area contributed by atoms with E-state index in [-0.39, 0.29) is 5.91 Å². The molecule has 13 heavy (non-hydrogen) atoms. The molecule has 1 aromatic heterocycles. The van der Waals surface area contributed by atoms with Gasteiger partial charge in [-0.3, -0.25) is 10.2 Å². The molecule has 0 radical (unpaired) electrons. The maximum absolute atomic E-state index is 10.7. The van der Waals surface area contributed by atoms with E-state index in [4.69, 9.17) is 5.84 Å². The molecule has 0 aliphatic heterocycles. The standard InChI is InChI=1S/C6H11N5OS/c1-11-6(8-4-9-11)13-3-2-5(12)10-7/h4H,2-3,7H2,1H3,(H,10,12). The molecule has 0 atom stereocenters. The molecule has 0 saturated heterocycles. The summed E-state index contributed by atoms with van der Waals surface area (Å²) in [5.74, 6) is 5.40. The van der Waals surface area contributed by atoms with Crippen LogP contribution in [0.25, 0.3) is 0 Å². The summed E-state index contributed by atoms with van der Waals surface area (Å²) in [5.41, 5.74) is 2.06. The Labute approximate surface area is 79.9 Å². The van der Waals surface area contributed by atoms with E-state index in [0.717, 1.165) is 5.16 Å². The molecule has 0 bridgehead atoms. The Morgan fingerprint density at radius 1 is 1.85 bits per heavy atom. The summed E-state index contributed by atoms with van der Waals surface area (Å²) in [7, 11) is 1.80. The number of nitrogens with zero attached hydrogens (tertiary/aromatic N) is 3. The highest BCUT2D eigenvalue weighted by Gasteiger charge is 2.03. The molecule has 0 fully saturated rings. The fourth-order valence-corrected chi connectivity index (χ4v) is 1.55. The lowest BCUT2D eigenvalue weighted by Crippen LogP contribution is -2.30. The van der Waals surface area contributed by atoms with E-state index in [9.17, 15) is 4.79 Å². The van der Waals surface area contributed by atoms with Crippen molar-refractivity contribution in [1.82, 2.24) is 20.2 Å². The van der Waals surface area contributed by atoms with Crippen molar-refractivity contribution in [3.05, 3.63) is 6.33 Å². The van der Waals surface area contributed by atoms with Gasteiger partial charge in [0.15, 0.2) is 5.16 Å². The van der Waals surface area contributed by atoms with Crippen LogP contribution < -0.4 is 11.3 Å². The summed E-state index contributed by atoms with van der Waals surface area (Å²) < 4.78 is 1.66. The van der Waals surface area contributed by atoms with Gasteiger partial charge in [-0.05, 0) is 0 Å². The minimum atomic E-state index is -0.172. The molecule has 0 aliphatic carbocycles. The average molecular weight is 201 g/mol. The molecule has 72 valence electrons. The number of carbonyl (C=O) groups is 1. The van der Waals surface area contributed by atoms with Gasteiger partial charge < -0.3 is 0 Å². The van der Waals surface area contributed by atoms with Crippen LogP contribution in [0.2, 0.25) is 0 Å². The van der Waals surface area contributed by atoms with Crippen LogP contribution in [0.15, 0.2) is 11.5 Å². The second-order valence-electron chi connectivity index (χ2n) is 2.33. The van der Waals surface area contributed by atoms with Crippen LogP contribution >= 0.6 is 11.8 Å². The first-order chi connectivity index (χ1) is 6.24. The Kier molecular flexibility index (Phi) is 3.71. The van der Waals surface area contributed by atoms with E-state index in [2.05, 4.69) is 15.5 Å². The Hall–Kier alpha value is -1.08. The number of hydrazine groups is 1. The SMILES string of the molecule is Cn1ncnc1SCCC(=O)NN. The smallest absolute Gasteiger partial charge is 0.234 e. The van der Waals surface area contributed by atoms with E-state index in [1.165, 1.54) is 18.1 Å². The molecule has 0 saturated carbocycles. The summed E-state index contributed by atoms with van der Waals surface area (Å²) in [6, 6.07) is 0.